The maximum atomic E-state index is 13.6. The van der Waals surface area contributed by atoms with E-state index in [1.807, 2.05) is 49.4 Å². The molecular formula is C22H22N4O3S. The van der Waals surface area contributed by atoms with Crippen LogP contribution in [0.5, 0.6) is 11.5 Å². The van der Waals surface area contributed by atoms with E-state index in [1.54, 1.807) is 37.0 Å². The second-order valence-corrected chi connectivity index (χ2v) is 7.80. The number of carbonyl (C=O) groups is 1. The first-order valence-electron chi connectivity index (χ1n) is 9.39. The zero-order valence-corrected chi connectivity index (χ0v) is 18.1. The summed E-state index contributed by atoms with van der Waals surface area (Å²) < 4.78 is 13.4. The predicted molar refractivity (Wildman–Crippen MR) is 118 cm³/mol. The van der Waals surface area contributed by atoms with E-state index in [1.165, 1.54) is 11.3 Å². The lowest BCUT2D eigenvalue weighted by Crippen LogP contribution is -2.32. The Hall–Kier alpha value is -3.39. The summed E-state index contributed by atoms with van der Waals surface area (Å²) in [5, 5.41) is 4.80. The fourth-order valence-corrected chi connectivity index (χ4v) is 4.44. The molecule has 0 aliphatic rings. The van der Waals surface area contributed by atoms with Gasteiger partial charge in [0.15, 0.2) is 5.13 Å². The van der Waals surface area contributed by atoms with Crippen molar-refractivity contribution in [2.45, 2.75) is 13.5 Å². The van der Waals surface area contributed by atoms with Crippen LogP contribution < -0.4 is 14.4 Å². The summed E-state index contributed by atoms with van der Waals surface area (Å²) in [6.07, 6.45) is 1.69. The average Bonchev–Trinajstić information content (AvgIpc) is 3.35. The third-order valence-corrected chi connectivity index (χ3v) is 5.98. The van der Waals surface area contributed by atoms with Gasteiger partial charge in [0.05, 0.1) is 27.0 Å². The minimum atomic E-state index is -0.159. The summed E-state index contributed by atoms with van der Waals surface area (Å²) in [4.78, 5) is 20.1. The van der Waals surface area contributed by atoms with Crippen LogP contribution in [0.15, 0.2) is 48.7 Å². The minimum absolute atomic E-state index is 0.159. The topological polar surface area (TPSA) is 69.5 Å². The van der Waals surface area contributed by atoms with E-state index in [9.17, 15) is 4.79 Å². The number of anilines is 1. The van der Waals surface area contributed by atoms with Crippen molar-refractivity contribution in [3.05, 3.63) is 65.5 Å². The second-order valence-electron chi connectivity index (χ2n) is 6.82. The summed E-state index contributed by atoms with van der Waals surface area (Å²) in [6, 6.07) is 13.5. The van der Waals surface area contributed by atoms with Crippen LogP contribution in [0.3, 0.4) is 0 Å². The molecule has 30 heavy (non-hydrogen) atoms. The molecule has 0 radical (unpaired) electrons. The highest BCUT2D eigenvalue weighted by Crippen LogP contribution is 2.40. The summed E-state index contributed by atoms with van der Waals surface area (Å²) in [5.41, 5.74) is 3.02. The maximum Gasteiger partial charge on any atom is 0.278 e. The van der Waals surface area contributed by atoms with Gasteiger partial charge in [-0.05, 0) is 30.2 Å². The first kappa shape index (κ1) is 19.9. The number of methoxy groups -OCH3 is 2. The normalized spacial score (nSPS) is 10.9. The number of hydrogen-bond acceptors (Lipinski definition) is 6. The highest BCUT2D eigenvalue weighted by atomic mass is 32.1. The van der Waals surface area contributed by atoms with Gasteiger partial charge in [-0.25, -0.2) is 4.98 Å². The molecule has 0 saturated heterocycles. The molecule has 0 fully saturated rings. The monoisotopic (exact) mass is 422 g/mol. The van der Waals surface area contributed by atoms with Gasteiger partial charge in [-0.2, -0.15) is 5.10 Å². The van der Waals surface area contributed by atoms with Crippen LogP contribution in [0.1, 0.15) is 21.6 Å². The molecule has 0 atom stereocenters. The fraction of sp³-hybridized carbons (Fsp3) is 0.227. The lowest BCUT2D eigenvalue weighted by Gasteiger charge is -2.20. The molecule has 7 nitrogen and oxygen atoms in total. The number of ether oxygens (including phenoxy) is 2. The number of nitrogens with zero attached hydrogens (tertiary/aromatic N) is 4. The van der Waals surface area contributed by atoms with Gasteiger partial charge in [0, 0.05) is 7.05 Å². The summed E-state index contributed by atoms with van der Waals surface area (Å²) >= 11 is 1.40. The zero-order valence-electron chi connectivity index (χ0n) is 17.2. The van der Waals surface area contributed by atoms with Gasteiger partial charge < -0.3 is 9.47 Å². The molecule has 4 aromatic rings. The molecule has 0 aliphatic carbocycles. The van der Waals surface area contributed by atoms with Crippen LogP contribution in [-0.2, 0) is 13.6 Å². The van der Waals surface area contributed by atoms with E-state index in [0.717, 1.165) is 15.8 Å². The van der Waals surface area contributed by atoms with E-state index >= 15 is 0 Å². The molecule has 0 aliphatic heterocycles. The smallest absolute Gasteiger partial charge is 0.278 e. The van der Waals surface area contributed by atoms with Crippen molar-refractivity contribution < 1.29 is 14.3 Å². The highest BCUT2D eigenvalue weighted by molar-refractivity contribution is 7.22. The number of benzene rings is 2. The van der Waals surface area contributed by atoms with E-state index in [-0.39, 0.29) is 5.91 Å². The van der Waals surface area contributed by atoms with Crippen LogP contribution >= 0.6 is 11.3 Å². The second kappa shape index (κ2) is 8.16. The Bertz CT molecular complexity index is 1140. The van der Waals surface area contributed by atoms with Gasteiger partial charge in [-0.3, -0.25) is 14.4 Å². The molecule has 4 rings (SSSR count). The van der Waals surface area contributed by atoms with E-state index in [2.05, 4.69) is 5.10 Å². The Balaban J connectivity index is 1.86. The van der Waals surface area contributed by atoms with Crippen molar-refractivity contribution in [3.63, 3.8) is 0 Å². The number of fused-ring (bicyclic) bond motifs is 1. The molecule has 0 saturated carbocycles. The highest BCUT2D eigenvalue weighted by Gasteiger charge is 2.27. The Morgan fingerprint density at radius 2 is 1.80 bits per heavy atom. The van der Waals surface area contributed by atoms with E-state index in [0.29, 0.717) is 34.4 Å². The quantitative estimate of drug-likeness (QED) is 0.466. The van der Waals surface area contributed by atoms with Crippen molar-refractivity contribution in [1.82, 2.24) is 14.8 Å². The summed E-state index contributed by atoms with van der Waals surface area (Å²) in [5.74, 6) is 1.17. The van der Waals surface area contributed by atoms with Crippen LogP contribution in [0.2, 0.25) is 0 Å². The summed E-state index contributed by atoms with van der Waals surface area (Å²) in [7, 11) is 4.99. The number of carbonyl (C=O) groups excluding carboxylic acids is 1. The number of amides is 1. The minimum Gasteiger partial charge on any atom is -0.495 e. The van der Waals surface area contributed by atoms with Crippen molar-refractivity contribution in [3.8, 4) is 11.5 Å². The van der Waals surface area contributed by atoms with E-state index < -0.39 is 0 Å². The van der Waals surface area contributed by atoms with Crippen molar-refractivity contribution in [2.24, 2.45) is 7.05 Å². The molecule has 1 amide bonds. The maximum absolute atomic E-state index is 13.6. The average molecular weight is 423 g/mol. The van der Waals surface area contributed by atoms with Crippen LogP contribution in [0.25, 0.3) is 10.2 Å². The van der Waals surface area contributed by atoms with Gasteiger partial charge in [-0.15, -0.1) is 0 Å². The molecule has 154 valence electrons. The first-order chi connectivity index (χ1) is 14.5. The Morgan fingerprint density at radius 3 is 2.43 bits per heavy atom. The van der Waals surface area contributed by atoms with Gasteiger partial charge >= 0.3 is 0 Å². The van der Waals surface area contributed by atoms with Crippen molar-refractivity contribution in [2.75, 3.05) is 19.1 Å². The Kier molecular flexibility index (Phi) is 5.41. The van der Waals surface area contributed by atoms with Crippen molar-refractivity contribution in [1.29, 1.82) is 0 Å². The number of rotatable bonds is 6. The number of aromatic nitrogens is 3. The number of aryl methyl sites for hydroxylation is 2. The molecule has 2 heterocycles. The van der Waals surface area contributed by atoms with Gasteiger partial charge in [0.2, 0.25) is 0 Å². The molecule has 2 aromatic carbocycles. The fourth-order valence-electron chi connectivity index (χ4n) is 3.36. The third kappa shape index (κ3) is 3.50. The Morgan fingerprint density at radius 1 is 1.10 bits per heavy atom. The van der Waals surface area contributed by atoms with Gasteiger partial charge in [-0.1, -0.05) is 41.7 Å². The van der Waals surface area contributed by atoms with E-state index in [4.69, 9.17) is 14.5 Å². The zero-order chi connectivity index (χ0) is 21.3. The molecule has 0 unspecified atom stereocenters. The SMILES string of the molecule is COc1ccc(OC)c2sc(N(Cc3ccccc3)C(=O)c3c(C)cnn3C)nc12. The molecule has 0 spiro atoms. The lowest BCUT2D eigenvalue weighted by molar-refractivity contribution is 0.0975. The standard InChI is InChI=1S/C22H22N4O3S/c1-14-12-23-25(2)19(14)21(27)26(13-15-8-6-5-7-9-15)22-24-18-16(28-3)10-11-17(29-4)20(18)30-22/h5-12H,13H2,1-4H3. The van der Waals surface area contributed by atoms with Crippen LogP contribution in [-0.4, -0.2) is 34.9 Å². The molecule has 0 N–H and O–H groups in total. The van der Waals surface area contributed by atoms with Gasteiger partial charge in [0.1, 0.15) is 27.4 Å². The van der Waals surface area contributed by atoms with Crippen LogP contribution in [0, 0.1) is 6.92 Å². The lowest BCUT2D eigenvalue weighted by atomic mass is 10.2. The Labute approximate surface area is 178 Å². The van der Waals surface area contributed by atoms with Crippen molar-refractivity contribution >= 4 is 32.6 Å². The number of thiazole rings is 1. The number of hydrogen-bond donors (Lipinski definition) is 0. The predicted octanol–water partition coefficient (Wildman–Crippen LogP) is 4.20. The molecule has 2 aromatic heterocycles. The molecule has 0 bridgehead atoms. The van der Waals surface area contributed by atoms with Gasteiger partial charge in [0.25, 0.3) is 5.91 Å². The third-order valence-electron chi connectivity index (χ3n) is 4.88. The van der Waals surface area contributed by atoms with Crippen LogP contribution in [0.4, 0.5) is 5.13 Å². The molecular weight excluding hydrogens is 400 g/mol. The first-order valence-corrected chi connectivity index (χ1v) is 10.2. The summed E-state index contributed by atoms with van der Waals surface area (Å²) in [6.45, 7) is 2.26. The molecule has 8 heteroatoms. The largest absolute Gasteiger partial charge is 0.495 e.